The molecule has 4 rings (SSSR count). The summed E-state index contributed by atoms with van der Waals surface area (Å²) in [6.07, 6.45) is 7.55. The molecular formula is C29H33N3O4. The van der Waals surface area contributed by atoms with Crippen molar-refractivity contribution < 1.29 is 19.0 Å². The van der Waals surface area contributed by atoms with Gasteiger partial charge in [-0.1, -0.05) is 30.3 Å². The van der Waals surface area contributed by atoms with Crippen molar-refractivity contribution in [2.75, 3.05) is 37.8 Å². The Morgan fingerprint density at radius 3 is 2.53 bits per heavy atom. The molecule has 3 aromatic rings. The number of para-hydroxylation sites is 1. The summed E-state index contributed by atoms with van der Waals surface area (Å²) in [5.74, 6) is 2.91. The topological polar surface area (TPSA) is 72.9 Å². The molecule has 188 valence electrons. The minimum absolute atomic E-state index is 0.171. The van der Waals surface area contributed by atoms with Gasteiger partial charge in [-0.05, 0) is 67.3 Å². The van der Waals surface area contributed by atoms with Crippen LogP contribution in [0.5, 0.6) is 17.2 Å². The lowest BCUT2D eigenvalue weighted by Gasteiger charge is -2.16. The van der Waals surface area contributed by atoms with Crippen LogP contribution in [-0.2, 0) is 11.3 Å². The number of ether oxygens (including phenoxy) is 3. The van der Waals surface area contributed by atoms with Gasteiger partial charge >= 0.3 is 0 Å². The fourth-order valence-corrected chi connectivity index (χ4v) is 3.92. The summed E-state index contributed by atoms with van der Waals surface area (Å²) in [6, 6.07) is 19.3. The van der Waals surface area contributed by atoms with E-state index in [9.17, 15) is 4.79 Å². The average Bonchev–Trinajstić information content (AvgIpc) is 3.46. The second-order valence-electron chi connectivity index (χ2n) is 8.42. The lowest BCUT2D eigenvalue weighted by Crippen LogP contribution is -2.21. The second kappa shape index (κ2) is 13.2. The molecule has 0 unspecified atom stereocenters. The molecule has 1 aromatic heterocycles. The van der Waals surface area contributed by atoms with Crippen LogP contribution in [0.3, 0.4) is 0 Å². The third-order valence-corrected chi connectivity index (χ3v) is 5.75. The number of amides is 1. The van der Waals surface area contributed by atoms with Gasteiger partial charge in [0.1, 0.15) is 24.8 Å². The number of hydrogen-bond acceptors (Lipinski definition) is 6. The van der Waals surface area contributed by atoms with Gasteiger partial charge in [0, 0.05) is 31.9 Å². The van der Waals surface area contributed by atoms with Gasteiger partial charge in [0.05, 0.1) is 6.61 Å². The zero-order valence-electron chi connectivity index (χ0n) is 20.7. The molecule has 0 aliphatic carbocycles. The first-order valence-electron chi connectivity index (χ1n) is 12.4. The van der Waals surface area contributed by atoms with Crippen molar-refractivity contribution in [3.05, 3.63) is 84.1 Å². The molecule has 0 radical (unpaired) electrons. The van der Waals surface area contributed by atoms with E-state index in [2.05, 4.69) is 15.2 Å². The molecule has 0 spiro atoms. The summed E-state index contributed by atoms with van der Waals surface area (Å²) < 4.78 is 17.3. The molecule has 1 saturated heterocycles. The van der Waals surface area contributed by atoms with Gasteiger partial charge < -0.3 is 24.4 Å². The Balaban J connectivity index is 1.25. The summed E-state index contributed by atoms with van der Waals surface area (Å²) in [4.78, 5) is 19.2. The number of aromatic nitrogens is 1. The van der Waals surface area contributed by atoms with Gasteiger partial charge in [-0.2, -0.15) is 0 Å². The van der Waals surface area contributed by atoms with E-state index < -0.39 is 0 Å². The predicted octanol–water partition coefficient (Wildman–Crippen LogP) is 4.87. The first-order valence-corrected chi connectivity index (χ1v) is 12.4. The Labute approximate surface area is 212 Å². The van der Waals surface area contributed by atoms with Crippen LogP contribution in [0, 0.1) is 0 Å². The highest BCUT2D eigenvalue weighted by Gasteiger charge is 2.13. The zero-order valence-corrected chi connectivity index (χ0v) is 20.7. The highest BCUT2D eigenvalue weighted by atomic mass is 16.5. The predicted molar refractivity (Wildman–Crippen MR) is 142 cm³/mol. The van der Waals surface area contributed by atoms with Gasteiger partial charge in [-0.15, -0.1) is 0 Å². The van der Waals surface area contributed by atoms with Crippen LogP contribution in [-0.4, -0.2) is 43.8 Å². The Hall–Kier alpha value is -4.00. The summed E-state index contributed by atoms with van der Waals surface area (Å²) in [6.45, 7) is 5.80. The van der Waals surface area contributed by atoms with Gasteiger partial charge in [-0.25, -0.2) is 4.98 Å². The minimum atomic E-state index is -0.171. The maximum Gasteiger partial charge on any atom is 0.244 e. The van der Waals surface area contributed by atoms with Crippen molar-refractivity contribution in [1.82, 2.24) is 10.3 Å². The molecule has 2 aromatic carbocycles. The smallest absolute Gasteiger partial charge is 0.244 e. The van der Waals surface area contributed by atoms with Crippen molar-refractivity contribution in [2.24, 2.45) is 0 Å². The third kappa shape index (κ3) is 7.50. The molecule has 36 heavy (non-hydrogen) atoms. The number of carbonyl (C=O) groups is 1. The largest absolute Gasteiger partial charge is 0.490 e. The van der Waals surface area contributed by atoms with Gasteiger partial charge in [0.2, 0.25) is 5.91 Å². The van der Waals surface area contributed by atoms with Crippen molar-refractivity contribution >= 4 is 17.8 Å². The first kappa shape index (κ1) is 25.1. The van der Waals surface area contributed by atoms with Gasteiger partial charge in [0.25, 0.3) is 0 Å². The lowest BCUT2D eigenvalue weighted by atomic mass is 10.2. The maximum absolute atomic E-state index is 12.3. The van der Waals surface area contributed by atoms with Crippen molar-refractivity contribution in [2.45, 2.75) is 26.3 Å². The maximum atomic E-state index is 12.3. The van der Waals surface area contributed by atoms with Crippen LogP contribution in [0.25, 0.3) is 6.08 Å². The monoisotopic (exact) mass is 487 g/mol. The van der Waals surface area contributed by atoms with Crippen LogP contribution in [0.4, 0.5) is 5.82 Å². The lowest BCUT2D eigenvalue weighted by molar-refractivity contribution is -0.116. The summed E-state index contributed by atoms with van der Waals surface area (Å²) in [7, 11) is 0. The molecule has 0 saturated carbocycles. The standard InChI is InChI=1S/C29H33N3O4/c1-2-34-27-20-23(10-13-26(27)36-19-18-35-25-8-4-3-5-9-25)12-15-29(33)31-22-24-11-14-28(30-21-24)32-16-6-7-17-32/h3-5,8-15,20-21H,2,6-7,16-19,22H2,1H3,(H,31,33). The second-order valence-corrected chi connectivity index (χ2v) is 8.42. The molecular weight excluding hydrogens is 454 g/mol. The Bertz CT molecular complexity index is 1130. The Morgan fingerprint density at radius 1 is 0.972 bits per heavy atom. The molecule has 0 atom stereocenters. The molecule has 1 N–H and O–H groups in total. The third-order valence-electron chi connectivity index (χ3n) is 5.75. The highest BCUT2D eigenvalue weighted by molar-refractivity contribution is 5.91. The van der Waals surface area contributed by atoms with E-state index in [1.807, 2.05) is 73.8 Å². The molecule has 2 heterocycles. The molecule has 1 fully saturated rings. The van der Waals surface area contributed by atoms with E-state index in [1.54, 1.807) is 6.08 Å². The van der Waals surface area contributed by atoms with Crippen molar-refractivity contribution in [3.8, 4) is 17.2 Å². The quantitative estimate of drug-likeness (QED) is 0.290. The summed E-state index contributed by atoms with van der Waals surface area (Å²) in [5, 5.41) is 2.91. The molecule has 0 bridgehead atoms. The average molecular weight is 488 g/mol. The Morgan fingerprint density at radius 2 is 1.78 bits per heavy atom. The van der Waals surface area contributed by atoms with E-state index in [0.29, 0.717) is 37.9 Å². The number of anilines is 1. The minimum Gasteiger partial charge on any atom is -0.490 e. The van der Waals surface area contributed by atoms with Gasteiger partial charge in [-0.3, -0.25) is 4.79 Å². The molecule has 1 aliphatic rings. The number of pyridine rings is 1. The van der Waals surface area contributed by atoms with Crippen LogP contribution >= 0.6 is 0 Å². The fraction of sp³-hybridized carbons (Fsp3) is 0.310. The normalized spacial score (nSPS) is 13.1. The van der Waals surface area contributed by atoms with E-state index in [1.165, 1.54) is 18.9 Å². The SMILES string of the molecule is CCOc1cc(C=CC(=O)NCc2ccc(N3CCCC3)nc2)ccc1OCCOc1ccccc1. The first-order chi connectivity index (χ1) is 17.7. The van der Waals surface area contributed by atoms with Crippen LogP contribution in [0.1, 0.15) is 30.9 Å². The van der Waals surface area contributed by atoms with Crippen molar-refractivity contribution in [1.29, 1.82) is 0 Å². The van der Waals surface area contributed by atoms with Crippen LogP contribution in [0.2, 0.25) is 0 Å². The van der Waals surface area contributed by atoms with Crippen molar-refractivity contribution in [3.63, 3.8) is 0 Å². The fourth-order valence-electron chi connectivity index (χ4n) is 3.92. The molecule has 1 amide bonds. The molecule has 1 aliphatic heterocycles. The van der Waals surface area contributed by atoms with Crippen LogP contribution < -0.4 is 24.4 Å². The summed E-state index contributed by atoms with van der Waals surface area (Å²) >= 11 is 0. The van der Waals surface area contributed by atoms with E-state index in [4.69, 9.17) is 14.2 Å². The summed E-state index contributed by atoms with van der Waals surface area (Å²) in [5.41, 5.74) is 1.81. The highest BCUT2D eigenvalue weighted by Crippen LogP contribution is 2.29. The van der Waals surface area contributed by atoms with E-state index in [-0.39, 0.29) is 5.91 Å². The van der Waals surface area contributed by atoms with E-state index in [0.717, 1.165) is 35.8 Å². The number of rotatable bonds is 12. The Kier molecular flexibility index (Phi) is 9.19. The van der Waals surface area contributed by atoms with E-state index >= 15 is 0 Å². The number of nitrogens with zero attached hydrogens (tertiary/aromatic N) is 2. The van der Waals surface area contributed by atoms with Crippen LogP contribution in [0.15, 0.2) is 72.9 Å². The number of hydrogen-bond donors (Lipinski definition) is 1. The number of benzene rings is 2. The molecule has 7 heteroatoms. The number of carbonyl (C=O) groups excluding carboxylic acids is 1. The number of nitrogens with one attached hydrogen (secondary N) is 1. The molecule has 7 nitrogen and oxygen atoms in total. The zero-order chi connectivity index (χ0) is 25.0. The van der Waals surface area contributed by atoms with Gasteiger partial charge in [0.15, 0.2) is 11.5 Å².